The van der Waals surface area contributed by atoms with Gasteiger partial charge >= 0.3 is 16.6 Å². The zero-order chi connectivity index (χ0) is 9.19. The van der Waals surface area contributed by atoms with Gasteiger partial charge in [-0.05, 0) is 17.0 Å². The van der Waals surface area contributed by atoms with Crippen LogP contribution in [0.1, 0.15) is 26.3 Å². The molecular weight excluding hydrogens is 163 g/mol. The fraction of sp³-hybridized carbons (Fsp3) is 0.400. The van der Waals surface area contributed by atoms with Crippen LogP contribution in [-0.4, -0.2) is 16.6 Å². The Labute approximate surface area is 82.5 Å². The van der Waals surface area contributed by atoms with Crippen molar-refractivity contribution >= 4 is 16.6 Å². The Balaban J connectivity index is 3.14. The molecule has 0 fully saturated rings. The van der Waals surface area contributed by atoms with Gasteiger partial charge in [-0.2, -0.15) is 0 Å². The molecule has 0 atom stereocenters. The number of hydrogen-bond donors (Lipinski definition) is 0. The van der Waals surface area contributed by atoms with E-state index in [-0.39, 0.29) is 5.41 Å². The number of rotatable bonds is 1. The highest BCUT2D eigenvalue weighted by Gasteiger charge is 2.16. The second-order valence-corrected chi connectivity index (χ2v) is 4.36. The lowest BCUT2D eigenvalue weighted by Gasteiger charge is -2.22. The maximum atomic E-state index is 5.41. The SMILES string of the molecule is CC(C)(C)c1ccccc1[O][AlH2]. The fourth-order valence-corrected chi connectivity index (χ4v) is 1.62. The smallest absolute Gasteiger partial charge is 0.496 e. The van der Waals surface area contributed by atoms with Crippen LogP contribution in [-0.2, 0) is 5.41 Å². The average molecular weight is 178 g/mol. The van der Waals surface area contributed by atoms with Crippen LogP contribution in [0.3, 0.4) is 0 Å². The molecule has 0 aromatic heterocycles. The van der Waals surface area contributed by atoms with Gasteiger partial charge in [-0.1, -0.05) is 39.0 Å². The minimum Gasteiger partial charge on any atom is -0.647 e. The highest BCUT2D eigenvalue weighted by Crippen LogP contribution is 2.30. The number of para-hydroxylation sites is 1. The van der Waals surface area contributed by atoms with Gasteiger partial charge in [0.2, 0.25) is 0 Å². The standard InChI is InChI=1S/C10H14O.Al.2H/c1-10(2,3)8-6-4-5-7-9(8)11;;;/h4-7,11H,1-3H3;;;/q;+1;;/p-1. The average Bonchev–Trinajstić information content (AvgIpc) is 2.03. The molecule has 0 radical (unpaired) electrons. The summed E-state index contributed by atoms with van der Waals surface area (Å²) >= 11 is 0.759. The topological polar surface area (TPSA) is 9.23 Å². The van der Waals surface area contributed by atoms with Gasteiger partial charge in [0.05, 0.1) is 5.75 Å². The minimum absolute atomic E-state index is 0.182. The van der Waals surface area contributed by atoms with Gasteiger partial charge in [-0.3, -0.25) is 0 Å². The van der Waals surface area contributed by atoms with Crippen molar-refractivity contribution in [3.63, 3.8) is 0 Å². The van der Waals surface area contributed by atoms with Crippen molar-refractivity contribution in [2.24, 2.45) is 0 Å². The predicted octanol–water partition coefficient (Wildman–Crippen LogP) is 1.91. The van der Waals surface area contributed by atoms with E-state index in [1.165, 1.54) is 5.56 Å². The van der Waals surface area contributed by atoms with E-state index in [0.717, 1.165) is 22.4 Å². The summed E-state index contributed by atoms with van der Waals surface area (Å²) < 4.78 is 5.41. The van der Waals surface area contributed by atoms with Gasteiger partial charge < -0.3 is 3.79 Å². The van der Waals surface area contributed by atoms with Gasteiger partial charge in [0.25, 0.3) is 0 Å². The van der Waals surface area contributed by atoms with E-state index in [1.54, 1.807) is 0 Å². The van der Waals surface area contributed by atoms with Crippen molar-refractivity contribution in [2.75, 3.05) is 0 Å². The van der Waals surface area contributed by atoms with Crippen LogP contribution < -0.4 is 3.79 Å². The Morgan fingerprint density at radius 1 is 1.17 bits per heavy atom. The molecule has 1 nitrogen and oxygen atoms in total. The van der Waals surface area contributed by atoms with Gasteiger partial charge in [-0.15, -0.1) is 0 Å². The molecule has 0 saturated carbocycles. The van der Waals surface area contributed by atoms with Gasteiger partial charge in [-0.25, -0.2) is 0 Å². The van der Waals surface area contributed by atoms with Gasteiger partial charge in [0.1, 0.15) is 0 Å². The van der Waals surface area contributed by atoms with E-state index in [0.29, 0.717) is 0 Å². The monoisotopic (exact) mass is 178 g/mol. The van der Waals surface area contributed by atoms with E-state index in [4.69, 9.17) is 3.79 Å². The van der Waals surface area contributed by atoms with Crippen LogP contribution in [0.2, 0.25) is 0 Å². The molecule has 0 aliphatic rings. The first-order valence-corrected chi connectivity index (χ1v) is 5.01. The molecule has 12 heavy (non-hydrogen) atoms. The maximum Gasteiger partial charge on any atom is 0.496 e. The van der Waals surface area contributed by atoms with Crippen LogP contribution in [0.15, 0.2) is 24.3 Å². The molecular formula is C10H15AlO. The zero-order valence-corrected chi connectivity index (χ0v) is 10.2. The molecule has 1 aromatic carbocycles. The molecule has 0 spiro atoms. The van der Waals surface area contributed by atoms with Crippen LogP contribution in [0.4, 0.5) is 0 Å². The third-order valence-corrected chi connectivity index (χ3v) is 2.35. The van der Waals surface area contributed by atoms with E-state index in [9.17, 15) is 0 Å². The molecule has 0 saturated heterocycles. The zero-order valence-electron chi connectivity index (χ0n) is 8.22. The van der Waals surface area contributed by atoms with E-state index >= 15 is 0 Å². The quantitative estimate of drug-likeness (QED) is 0.597. The Bertz CT molecular complexity index is 263. The summed E-state index contributed by atoms with van der Waals surface area (Å²) in [6.07, 6.45) is 0. The molecule has 0 aliphatic heterocycles. The summed E-state index contributed by atoms with van der Waals surface area (Å²) in [4.78, 5) is 0. The molecule has 0 N–H and O–H groups in total. The highest BCUT2D eigenvalue weighted by molar-refractivity contribution is 6.00. The van der Waals surface area contributed by atoms with E-state index < -0.39 is 0 Å². The molecule has 0 amide bonds. The Kier molecular flexibility index (Phi) is 2.82. The molecule has 1 aromatic rings. The van der Waals surface area contributed by atoms with Crippen molar-refractivity contribution in [3.05, 3.63) is 29.8 Å². The summed E-state index contributed by atoms with van der Waals surface area (Å²) in [7, 11) is 0. The first kappa shape index (κ1) is 9.64. The third-order valence-electron chi connectivity index (χ3n) is 1.91. The Morgan fingerprint density at radius 3 is 2.17 bits per heavy atom. The lowest BCUT2D eigenvalue weighted by Crippen LogP contribution is -2.12. The molecule has 2 heteroatoms. The van der Waals surface area contributed by atoms with Crippen molar-refractivity contribution in [2.45, 2.75) is 26.2 Å². The fourth-order valence-electron chi connectivity index (χ4n) is 1.26. The second-order valence-electron chi connectivity index (χ2n) is 3.95. The summed E-state index contributed by atoms with van der Waals surface area (Å²) in [5, 5.41) is 0. The Hall–Kier alpha value is -0.448. The summed E-state index contributed by atoms with van der Waals surface area (Å²) in [5.41, 5.74) is 1.47. The molecule has 64 valence electrons. The predicted molar refractivity (Wildman–Crippen MR) is 54.3 cm³/mol. The van der Waals surface area contributed by atoms with Gasteiger partial charge in [0.15, 0.2) is 0 Å². The van der Waals surface area contributed by atoms with E-state index in [1.807, 2.05) is 12.1 Å². The normalized spacial score (nSPS) is 11.2. The van der Waals surface area contributed by atoms with Crippen molar-refractivity contribution < 1.29 is 3.79 Å². The minimum atomic E-state index is 0.182. The lowest BCUT2D eigenvalue weighted by atomic mass is 9.86. The molecule has 0 heterocycles. The molecule has 0 aliphatic carbocycles. The van der Waals surface area contributed by atoms with Crippen LogP contribution >= 0.6 is 0 Å². The third kappa shape index (κ3) is 2.03. The lowest BCUT2D eigenvalue weighted by molar-refractivity contribution is 0.536. The largest absolute Gasteiger partial charge is 0.647 e. The second kappa shape index (κ2) is 3.51. The summed E-state index contributed by atoms with van der Waals surface area (Å²) in [6.45, 7) is 6.60. The van der Waals surface area contributed by atoms with Crippen molar-refractivity contribution in [1.82, 2.24) is 0 Å². The summed E-state index contributed by atoms with van der Waals surface area (Å²) in [6, 6.07) is 8.24. The van der Waals surface area contributed by atoms with Crippen molar-refractivity contribution in [1.29, 1.82) is 0 Å². The number of benzene rings is 1. The first-order chi connectivity index (χ1) is 5.55. The summed E-state index contributed by atoms with van der Waals surface area (Å²) in [5.74, 6) is 1.04. The Morgan fingerprint density at radius 2 is 1.75 bits per heavy atom. The van der Waals surface area contributed by atoms with Crippen LogP contribution in [0, 0.1) is 0 Å². The highest BCUT2D eigenvalue weighted by atomic mass is 27.1. The van der Waals surface area contributed by atoms with Crippen LogP contribution in [0.25, 0.3) is 0 Å². The maximum absolute atomic E-state index is 5.41. The molecule has 0 unspecified atom stereocenters. The van der Waals surface area contributed by atoms with Crippen molar-refractivity contribution in [3.8, 4) is 5.75 Å². The molecule has 1 rings (SSSR count). The van der Waals surface area contributed by atoms with Gasteiger partial charge in [0, 0.05) is 0 Å². The van der Waals surface area contributed by atoms with E-state index in [2.05, 4.69) is 32.9 Å². The number of hydrogen-bond acceptors (Lipinski definition) is 1. The first-order valence-electron chi connectivity index (χ1n) is 4.19. The molecule has 0 bridgehead atoms. The van der Waals surface area contributed by atoms with Crippen LogP contribution in [0.5, 0.6) is 5.75 Å².